The van der Waals surface area contributed by atoms with Crippen LogP contribution in [0, 0.1) is 11.6 Å². The van der Waals surface area contributed by atoms with Crippen LogP contribution in [-0.2, 0) is 15.5 Å². The van der Waals surface area contributed by atoms with E-state index in [4.69, 9.17) is 24.2 Å². The van der Waals surface area contributed by atoms with E-state index in [9.17, 15) is 14.4 Å². The molecule has 4 aromatic carbocycles. The highest BCUT2D eigenvalue weighted by Crippen LogP contribution is 2.43. The number of hydrogen-bond acceptors (Lipinski definition) is 16. The Morgan fingerprint density at radius 3 is 1.46 bits per heavy atom. The number of aromatic hydroxyl groups is 2. The number of fused-ring (bicyclic) bond motifs is 6. The number of anilines is 2. The Hall–Kier alpha value is -6.93. The fourth-order valence-electron chi connectivity index (χ4n) is 13.5. The lowest BCUT2D eigenvalue weighted by molar-refractivity contribution is 0.0817. The molecule has 8 aromatic rings. The lowest BCUT2D eigenvalue weighted by Crippen LogP contribution is -2.43. The molecule has 2 N–H and O–H groups in total. The van der Waals surface area contributed by atoms with Crippen molar-refractivity contribution in [3.05, 3.63) is 96.8 Å². The van der Waals surface area contributed by atoms with Crippen LogP contribution in [0.15, 0.2) is 85.2 Å². The smallest absolute Gasteiger partial charge is 0.319 e. The van der Waals surface area contributed by atoms with E-state index in [1.807, 2.05) is 53.4 Å². The zero-order valence-corrected chi connectivity index (χ0v) is 45.2. The number of phenolic OH excluding ortho intramolecular Hbond substituents is 2. The highest BCUT2D eigenvalue weighted by Gasteiger charge is 2.46. The van der Waals surface area contributed by atoms with Crippen molar-refractivity contribution < 1.29 is 37.4 Å². The number of rotatable bonds is 11. The third kappa shape index (κ3) is 9.69. The van der Waals surface area contributed by atoms with Crippen LogP contribution in [0.1, 0.15) is 64.2 Å². The van der Waals surface area contributed by atoms with Gasteiger partial charge in [0.25, 0.3) is 0 Å². The number of aromatic nitrogens is 6. The summed E-state index contributed by atoms with van der Waals surface area (Å²) in [4.78, 5) is 37.1. The molecule has 0 saturated carbocycles. The molecule has 0 radical (unpaired) electrons. The number of methoxy groups -OCH3 is 1. The van der Waals surface area contributed by atoms with Crippen LogP contribution in [0.4, 0.5) is 20.4 Å². The molecule has 0 bridgehead atoms. The third-order valence-electron chi connectivity index (χ3n) is 17.6. The summed E-state index contributed by atoms with van der Waals surface area (Å²) in [5.41, 5.74) is 1.61. The Kier molecular flexibility index (Phi) is 13.9. The maximum Gasteiger partial charge on any atom is 0.319 e. The van der Waals surface area contributed by atoms with Gasteiger partial charge in [-0.3, -0.25) is 24.0 Å². The Morgan fingerprint density at radius 2 is 1.01 bits per heavy atom. The van der Waals surface area contributed by atoms with E-state index in [0.29, 0.717) is 71.3 Å². The maximum absolute atomic E-state index is 16.5. The molecule has 0 spiro atoms. The number of hydrogen-bond donors (Lipinski definition) is 2. The summed E-state index contributed by atoms with van der Waals surface area (Å²) in [6.45, 7) is 7.92. The summed E-state index contributed by atoms with van der Waals surface area (Å²) < 4.78 is 63.1. The van der Waals surface area contributed by atoms with E-state index in [1.165, 1.54) is 18.9 Å². The van der Waals surface area contributed by atoms with Crippen LogP contribution in [0.3, 0.4) is 0 Å². The first-order valence-electron chi connectivity index (χ1n) is 27.9. The second kappa shape index (κ2) is 21.3. The molecule has 0 atom stereocenters. The lowest BCUT2D eigenvalue weighted by Gasteiger charge is -2.33. The van der Waals surface area contributed by atoms with Crippen LogP contribution in [0.5, 0.6) is 23.5 Å². The van der Waals surface area contributed by atoms with Gasteiger partial charge >= 0.3 is 12.0 Å². The van der Waals surface area contributed by atoms with Gasteiger partial charge in [-0.1, -0.05) is 48.5 Å². The summed E-state index contributed by atoms with van der Waals surface area (Å²) in [6.07, 6.45) is 14.2. The van der Waals surface area contributed by atoms with Gasteiger partial charge in [0.2, 0.25) is 0 Å². The molecule has 79 heavy (non-hydrogen) atoms. The second-order valence-corrected chi connectivity index (χ2v) is 23.8. The van der Waals surface area contributed by atoms with Crippen LogP contribution in [0.2, 0.25) is 0 Å². The van der Waals surface area contributed by atoms with Crippen molar-refractivity contribution in [1.82, 2.24) is 39.7 Å². The van der Waals surface area contributed by atoms with Crippen molar-refractivity contribution in [1.29, 1.82) is 0 Å². The SMILES string of the molecule is COC1CCN(c2nc(OCC34CCCN3CCC4)nc3c(F)c(-c4cc(O)cc5ccccc45)ncc23)CC1.O=S1CCN(c2nc(OCC34CCCN3CCC4)nc3c(F)c(-c4cc(O)cc5ccccc45)ncc23)CC1. The van der Waals surface area contributed by atoms with Gasteiger partial charge in [0, 0.05) is 79.1 Å². The zero-order valence-electron chi connectivity index (χ0n) is 44.4. The average molecular weight is 1090 g/mol. The number of pyridine rings is 2. The van der Waals surface area contributed by atoms with Crippen molar-refractivity contribution in [2.45, 2.75) is 81.4 Å². The molecule has 6 aliphatic heterocycles. The fraction of sp³-hybridized carbons (Fsp3) is 0.433. The first kappa shape index (κ1) is 51.5. The predicted molar refractivity (Wildman–Crippen MR) is 303 cm³/mol. The number of nitrogens with zero attached hydrogens (tertiary/aromatic N) is 10. The first-order valence-corrected chi connectivity index (χ1v) is 29.3. The molecule has 19 heteroatoms. The van der Waals surface area contributed by atoms with Crippen molar-refractivity contribution in [2.24, 2.45) is 0 Å². The molecular weight excluding hydrogens is 1030 g/mol. The van der Waals surface area contributed by atoms with Crippen LogP contribution >= 0.6 is 0 Å². The van der Waals surface area contributed by atoms with Gasteiger partial charge in [-0.25, -0.2) is 8.78 Å². The highest BCUT2D eigenvalue weighted by molar-refractivity contribution is 7.85. The van der Waals surface area contributed by atoms with Gasteiger partial charge in [0.1, 0.15) is 58.8 Å². The highest BCUT2D eigenvalue weighted by atomic mass is 32.2. The van der Waals surface area contributed by atoms with E-state index in [1.54, 1.807) is 37.7 Å². The van der Waals surface area contributed by atoms with Crippen LogP contribution in [0.25, 0.3) is 65.9 Å². The first-order chi connectivity index (χ1) is 38.5. The van der Waals surface area contributed by atoms with Crippen molar-refractivity contribution >= 4 is 65.8 Å². The minimum atomic E-state index is -0.867. The molecule has 0 aliphatic carbocycles. The van der Waals surface area contributed by atoms with E-state index in [0.717, 1.165) is 112 Å². The molecular formula is C60H64F2N10O6S. The standard InChI is InChI=1S/C31H34FN5O3.C29H30FN5O3S/c1-39-22-8-14-36(15-9-22)29-25-18-33-27(24-17-21(38)16-20-6-2-3-7-23(20)24)26(32)28(25)34-30(35-29)40-19-31-10-4-12-37(31)13-5-11-31;30-24-25(22-16-20(36)15-19-5-1-2-6-21(19)22)31-17-23-26(24)32-28(33-27(23)34-11-13-39(37)14-12-34)38-18-29-7-3-9-35(29)10-4-8-29/h2-3,6-7,16-18,22,38H,4-5,8-15,19H2,1H3;1-2,5-6,15-17,36H,3-4,7-14,18H2. The van der Waals surface area contributed by atoms with E-state index >= 15 is 8.78 Å². The predicted octanol–water partition coefficient (Wildman–Crippen LogP) is 9.58. The number of phenols is 2. The lowest BCUT2D eigenvalue weighted by atomic mass is 9.95. The van der Waals surface area contributed by atoms with Gasteiger partial charge in [0.15, 0.2) is 11.6 Å². The molecule has 6 fully saturated rings. The van der Waals surface area contributed by atoms with Gasteiger partial charge < -0.3 is 34.2 Å². The molecule has 10 heterocycles. The normalized spacial score (nSPS) is 19.6. The average Bonchev–Trinajstić information content (AvgIpc) is 4.43. The van der Waals surface area contributed by atoms with Crippen LogP contribution < -0.4 is 19.3 Å². The Bertz CT molecular complexity index is 3630. The second-order valence-electron chi connectivity index (χ2n) is 22.1. The Morgan fingerprint density at radius 1 is 0.582 bits per heavy atom. The zero-order chi connectivity index (χ0) is 53.8. The van der Waals surface area contributed by atoms with E-state index < -0.39 is 22.4 Å². The third-order valence-corrected chi connectivity index (χ3v) is 18.9. The summed E-state index contributed by atoms with van der Waals surface area (Å²) in [7, 11) is 0.876. The monoisotopic (exact) mass is 1090 g/mol. The van der Waals surface area contributed by atoms with E-state index in [2.05, 4.69) is 34.6 Å². The van der Waals surface area contributed by atoms with Crippen molar-refractivity contribution in [3.63, 3.8) is 0 Å². The topological polar surface area (TPSA) is 176 Å². The quantitative estimate of drug-likeness (QED) is 0.125. The summed E-state index contributed by atoms with van der Waals surface area (Å²) in [5, 5.41) is 25.0. The number of benzene rings is 4. The Balaban J connectivity index is 0.000000150. The van der Waals surface area contributed by atoms with Crippen LogP contribution in [-0.4, -0.2) is 155 Å². The van der Waals surface area contributed by atoms with Gasteiger partial charge in [-0.15, -0.1) is 0 Å². The maximum atomic E-state index is 16.5. The number of piperidine rings is 1. The molecule has 16 nitrogen and oxygen atoms in total. The minimum absolute atomic E-state index is 0.00291. The summed E-state index contributed by atoms with van der Waals surface area (Å²) in [5.74, 6) is 1.22. The molecule has 6 saturated heterocycles. The molecule has 4 aromatic heterocycles. The Labute approximate surface area is 459 Å². The fourth-order valence-corrected chi connectivity index (χ4v) is 14.5. The summed E-state index contributed by atoms with van der Waals surface area (Å²) in [6, 6.07) is 21.9. The molecule has 0 amide bonds. The van der Waals surface area contributed by atoms with Gasteiger partial charge in [0.05, 0.1) is 28.0 Å². The van der Waals surface area contributed by atoms with E-state index in [-0.39, 0.29) is 63.1 Å². The van der Waals surface area contributed by atoms with Crippen molar-refractivity contribution in [2.75, 3.05) is 94.0 Å². The molecule has 14 rings (SSSR count). The number of halogens is 2. The molecule has 410 valence electrons. The summed E-state index contributed by atoms with van der Waals surface area (Å²) >= 11 is 0. The van der Waals surface area contributed by atoms with Crippen molar-refractivity contribution in [3.8, 4) is 46.0 Å². The number of ether oxygens (including phenoxy) is 3. The minimum Gasteiger partial charge on any atom is -0.508 e. The van der Waals surface area contributed by atoms with Gasteiger partial charge in [-0.05, 0) is 136 Å². The largest absolute Gasteiger partial charge is 0.508 e. The molecule has 6 aliphatic rings. The van der Waals surface area contributed by atoms with Gasteiger partial charge in [-0.2, -0.15) is 19.9 Å². The molecule has 0 unspecified atom stereocenters.